The van der Waals surface area contributed by atoms with Gasteiger partial charge in [-0.05, 0) is 73.9 Å². The first-order valence-corrected chi connectivity index (χ1v) is 15.7. The van der Waals surface area contributed by atoms with Gasteiger partial charge in [0.25, 0.3) is 0 Å². The molecule has 47 heavy (non-hydrogen) atoms. The molecule has 1 saturated carbocycles. The van der Waals surface area contributed by atoms with Gasteiger partial charge < -0.3 is 14.2 Å². The van der Waals surface area contributed by atoms with Crippen LogP contribution in [-0.4, -0.2) is 19.3 Å². The van der Waals surface area contributed by atoms with Crippen LogP contribution < -0.4 is 0 Å². The standard InChI is InChI=1S/C36H34F8O3/c1-2-3-4-5-22-19-45-35(46-20-22)24-9-13-27(29(37)16-24)23-7-10-26(11-8-23)47-36(43,44)25-17-30(38)28(31(39)18-25)12-6-21-14-32(40)34(42)33(41)15-21/h9,13-18,22-23,26,35H,2-5,7-8,10-11,19-20H2,1H3. The van der Waals surface area contributed by atoms with Gasteiger partial charge in [0.2, 0.25) is 0 Å². The second-order valence-electron chi connectivity index (χ2n) is 12.1. The predicted molar refractivity (Wildman–Crippen MR) is 157 cm³/mol. The van der Waals surface area contributed by atoms with Crippen molar-refractivity contribution in [3.05, 3.63) is 105 Å². The van der Waals surface area contributed by atoms with E-state index in [-0.39, 0.29) is 18.8 Å². The monoisotopic (exact) mass is 666 g/mol. The zero-order valence-electron chi connectivity index (χ0n) is 25.7. The molecule has 0 aromatic heterocycles. The average Bonchev–Trinajstić information content (AvgIpc) is 3.04. The summed E-state index contributed by atoms with van der Waals surface area (Å²) < 4.78 is 131. The molecule has 0 amide bonds. The highest BCUT2D eigenvalue weighted by molar-refractivity contribution is 5.45. The highest BCUT2D eigenvalue weighted by Crippen LogP contribution is 2.41. The number of rotatable bonds is 9. The molecule has 0 radical (unpaired) electrons. The quantitative estimate of drug-likeness (QED) is 0.0985. The van der Waals surface area contributed by atoms with E-state index in [4.69, 9.17) is 14.2 Å². The van der Waals surface area contributed by atoms with Crippen molar-refractivity contribution in [2.45, 2.75) is 82.7 Å². The molecule has 0 N–H and O–H groups in total. The third-order valence-corrected chi connectivity index (χ3v) is 8.60. The van der Waals surface area contributed by atoms with E-state index in [0.717, 1.165) is 25.7 Å². The fourth-order valence-corrected chi connectivity index (χ4v) is 6.00. The zero-order chi connectivity index (χ0) is 33.7. The van der Waals surface area contributed by atoms with Crippen molar-refractivity contribution in [1.82, 2.24) is 0 Å². The first-order valence-electron chi connectivity index (χ1n) is 15.7. The van der Waals surface area contributed by atoms with Crippen molar-refractivity contribution in [2.24, 2.45) is 5.92 Å². The van der Waals surface area contributed by atoms with Crippen molar-refractivity contribution in [2.75, 3.05) is 13.2 Å². The number of unbranched alkanes of at least 4 members (excludes halogenated alkanes) is 2. The summed E-state index contributed by atoms with van der Waals surface area (Å²) >= 11 is 0. The van der Waals surface area contributed by atoms with Crippen LogP contribution in [0.2, 0.25) is 0 Å². The Morgan fingerprint density at radius 2 is 1.40 bits per heavy atom. The average molecular weight is 667 g/mol. The maximum absolute atomic E-state index is 15.2. The lowest BCUT2D eigenvalue weighted by Gasteiger charge is -2.32. The van der Waals surface area contributed by atoms with E-state index in [1.165, 1.54) is 6.07 Å². The van der Waals surface area contributed by atoms with Gasteiger partial charge >= 0.3 is 6.11 Å². The maximum atomic E-state index is 15.2. The Morgan fingerprint density at radius 1 is 0.766 bits per heavy atom. The fourth-order valence-electron chi connectivity index (χ4n) is 6.00. The Morgan fingerprint density at radius 3 is 2.00 bits per heavy atom. The summed E-state index contributed by atoms with van der Waals surface area (Å²) in [6.07, 6.45) is -0.189. The molecule has 0 unspecified atom stereocenters. The van der Waals surface area contributed by atoms with Crippen LogP contribution in [0, 0.1) is 52.7 Å². The Hall–Kier alpha value is -3.46. The van der Waals surface area contributed by atoms with E-state index in [2.05, 4.69) is 12.8 Å². The Balaban J connectivity index is 1.17. The lowest BCUT2D eigenvalue weighted by atomic mass is 9.82. The summed E-state index contributed by atoms with van der Waals surface area (Å²) in [5.74, 6) is -3.98. The fraction of sp³-hybridized carbons (Fsp3) is 0.444. The van der Waals surface area contributed by atoms with Gasteiger partial charge in [-0.2, -0.15) is 8.78 Å². The summed E-state index contributed by atoms with van der Waals surface area (Å²) in [5.41, 5.74) is -1.39. The van der Waals surface area contributed by atoms with E-state index < -0.39 is 70.1 Å². The third kappa shape index (κ3) is 8.53. The molecule has 11 heteroatoms. The van der Waals surface area contributed by atoms with Gasteiger partial charge in [0.1, 0.15) is 17.5 Å². The minimum absolute atomic E-state index is 0.162. The van der Waals surface area contributed by atoms with E-state index in [1.807, 2.05) is 5.92 Å². The molecule has 1 saturated heterocycles. The number of hydrogen-bond donors (Lipinski definition) is 0. The number of alkyl halides is 2. The van der Waals surface area contributed by atoms with Crippen LogP contribution in [-0.2, 0) is 20.3 Å². The number of benzene rings is 3. The van der Waals surface area contributed by atoms with Crippen molar-refractivity contribution in [3.8, 4) is 11.8 Å². The van der Waals surface area contributed by atoms with Gasteiger partial charge in [0, 0.05) is 17.0 Å². The Kier molecular flexibility index (Phi) is 11.3. The van der Waals surface area contributed by atoms with E-state index in [1.54, 1.807) is 12.1 Å². The molecule has 0 spiro atoms. The molecule has 1 aliphatic heterocycles. The Bertz CT molecular complexity index is 1570. The van der Waals surface area contributed by atoms with Crippen LogP contribution >= 0.6 is 0 Å². The normalized spacial score (nSPS) is 21.7. The topological polar surface area (TPSA) is 27.7 Å². The van der Waals surface area contributed by atoms with Crippen molar-refractivity contribution < 1.29 is 49.3 Å². The molecule has 0 bridgehead atoms. The molecule has 252 valence electrons. The zero-order valence-corrected chi connectivity index (χ0v) is 25.7. The SMILES string of the molecule is CCCCCC1COC(c2ccc(C3CCC(OC(F)(F)c4cc(F)c(C#Cc5cc(F)c(F)c(F)c5)c(F)c4)CC3)c(F)c2)OC1. The highest BCUT2D eigenvalue weighted by Gasteiger charge is 2.39. The summed E-state index contributed by atoms with van der Waals surface area (Å²) in [6, 6.07) is 6.61. The summed E-state index contributed by atoms with van der Waals surface area (Å²) in [4.78, 5) is 0. The lowest BCUT2D eigenvalue weighted by Crippen LogP contribution is -2.30. The number of hydrogen-bond acceptors (Lipinski definition) is 3. The first kappa shape index (κ1) is 34.9. The molecule has 2 aliphatic rings. The predicted octanol–water partition coefficient (Wildman–Crippen LogP) is 9.96. The highest BCUT2D eigenvalue weighted by atomic mass is 19.3. The minimum atomic E-state index is -4.06. The second-order valence-corrected chi connectivity index (χ2v) is 12.1. The molecular formula is C36H34F8O3. The molecule has 0 atom stereocenters. The summed E-state index contributed by atoms with van der Waals surface area (Å²) in [7, 11) is 0. The van der Waals surface area contributed by atoms with Crippen molar-refractivity contribution >= 4 is 0 Å². The van der Waals surface area contributed by atoms with Crippen LogP contribution in [0.5, 0.6) is 0 Å². The molecule has 2 fully saturated rings. The van der Waals surface area contributed by atoms with E-state index in [0.29, 0.717) is 67.4 Å². The van der Waals surface area contributed by atoms with E-state index >= 15 is 13.2 Å². The van der Waals surface area contributed by atoms with Crippen LogP contribution in [0.4, 0.5) is 35.1 Å². The molecule has 1 aliphatic carbocycles. The Labute approximate surface area is 268 Å². The van der Waals surface area contributed by atoms with Crippen LogP contribution in [0.25, 0.3) is 0 Å². The maximum Gasteiger partial charge on any atom is 0.383 e. The van der Waals surface area contributed by atoms with Crippen LogP contribution in [0.3, 0.4) is 0 Å². The van der Waals surface area contributed by atoms with E-state index in [9.17, 15) is 22.0 Å². The van der Waals surface area contributed by atoms with Crippen LogP contribution in [0.1, 0.15) is 98.3 Å². The van der Waals surface area contributed by atoms with Crippen molar-refractivity contribution in [1.29, 1.82) is 0 Å². The molecule has 3 nitrogen and oxygen atoms in total. The number of ether oxygens (including phenoxy) is 3. The van der Waals surface area contributed by atoms with Gasteiger partial charge in [-0.25, -0.2) is 26.3 Å². The largest absolute Gasteiger partial charge is 0.383 e. The second kappa shape index (κ2) is 15.2. The van der Waals surface area contributed by atoms with Crippen LogP contribution in [0.15, 0.2) is 42.5 Å². The van der Waals surface area contributed by atoms with Gasteiger partial charge in [-0.15, -0.1) is 0 Å². The van der Waals surface area contributed by atoms with Gasteiger partial charge in [-0.3, -0.25) is 0 Å². The molecular weight excluding hydrogens is 632 g/mol. The molecule has 3 aromatic rings. The minimum Gasteiger partial charge on any atom is -0.348 e. The molecule has 1 heterocycles. The third-order valence-electron chi connectivity index (χ3n) is 8.60. The smallest absolute Gasteiger partial charge is 0.348 e. The van der Waals surface area contributed by atoms with Crippen molar-refractivity contribution in [3.63, 3.8) is 0 Å². The first-order chi connectivity index (χ1) is 22.4. The lowest BCUT2D eigenvalue weighted by molar-refractivity contribution is -0.277. The molecule has 3 aromatic carbocycles. The molecule has 5 rings (SSSR count). The summed E-state index contributed by atoms with van der Waals surface area (Å²) in [5, 5.41) is 0. The van der Waals surface area contributed by atoms with Gasteiger partial charge in [0.05, 0.1) is 30.4 Å². The summed E-state index contributed by atoms with van der Waals surface area (Å²) in [6.45, 7) is 3.24. The van der Waals surface area contributed by atoms with Gasteiger partial charge in [0.15, 0.2) is 23.7 Å². The van der Waals surface area contributed by atoms with Gasteiger partial charge in [-0.1, -0.05) is 50.2 Å². The number of halogens is 8.